The Balaban J connectivity index is 1.89. The van der Waals surface area contributed by atoms with Crippen LogP contribution in [0.15, 0.2) is 22.9 Å². The normalized spacial score (nSPS) is 23.5. The van der Waals surface area contributed by atoms with E-state index < -0.39 is 0 Å². The monoisotopic (exact) mass is 259 g/mol. The van der Waals surface area contributed by atoms with Crippen LogP contribution in [-0.4, -0.2) is 26.3 Å². The molecule has 5 nitrogen and oxygen atoms in total. The van der Waals surface area contributed by atoms with Crippen LogP contribution >= 0.6 is 0 Å². The maximum absolute atomic E-state index is 10.0. The van der Waals surface area contributed by atoms with Gasteiger partial charge in [-0.3, -0.25) is 4.98 Å². The van der Waals surface area contributed by atoms with Gasteiger partial charge in [0.1, 0.15) is 5.69 Å². The zero-order valence-electron chi connectivity index (χ0n) is 10.9. The summed E-state index contributed by atoms with van der Waals surface area (Å²) in [6.07, 6.45) is 5.23. The van der Waals surface area contributed by atoms with Crippen molar-refractivity contribution in [3.8, 4) is 11.5 Å². The molecule has 2 aromatic rings. The first-order chi connectivity index (χ1) is 9.25. The molecule has 0 bridgehead atoms. The molecule has 2 unspecified atom stereocenters. The number of aliphatic hydroxyl groups excluding tert-OH is 1. The van der Waals surface area contributed by atoms with E-state index in [-0.39, 0.29) is 12.0 Å². The fourth-order valence-corrected chi connectivity index (χ4v) is 2.60. The van der Waals surface area contributed by atoms with Gasteiger partial charge in [0.05, 0.1) is 12.0 Å². The Kier molecular flexibility index (Phi) is 3.29. The molecular weight excluding hydrogens is 242 g/mol. The molecule has 1 saturated carbocycles. The van der Waals surface area contributed by atoms with E-state index in [0.29, 0.717) is 11.7 Å². The Morgan fingerprint density at radius 3 is 2.95 bits per heavy atom. The number of hydrogen-bond donors (Lipinski definition) is 1. The van der Waals surface area contributed by atoms with Crippen LogP contribution in [-0.2, 0) is 0 Å². The highest BCUT2D eigenvalue weighted by Gasteiger charge is 2.29. The number of aromatic nitrogens is 3. The number of rotatable bonds is 2. The molecule has 1 aliphatic rings. The lowest BCUT2D eigenvalue weighted by Crippen LogP contribution is -2.22. The molecule has 2 heterocycles. The van der Waals surface area contributed by atoms with E-state index in [0.717, 1.165) is 36.9 Å². The number of aliphatic hydroxyl groups is 1. The van der Waals surface area contributed by atoms with Gasteiger partial charge in [-0.1, -0.05) is 24.1 Å². The van der Waals surface area contributed by atoms with Crippen LogP contribution in [0.5, 0.6) is 0 Å². The Morgan fingerprint density at radius 1 is 1.32 bits per heavy atom. The minimum atomic E-state index is -0.369. The van der Waals surface area contributed by atoms with Crippen molar-refractivity contribution in [2.75, 3.05) is 0 Å². The van der Waals surface area contributed by atoms with Gasteiger partial charge in [0.2, 0.25) is 11.7 Å². The van der Waals surface area contributed by atoms with E-state index in [2.05, 4.69) is 15.1 Å². The van der Waals surface area contributed by atoms with E-state index in [1.807, 2.05) is 19.1 Å². The van der Waals surface area contributed by atoms with Crippen molar-refractivity contribution < 1.29 is 9.63 Å². The van der Waals surface area contributed by atoms with Crippen LogP contribution in [0.3, 0.4) is 0 Å². The van der Waals surface area contributed by atoms with Crippen molar-refractivity contribution in [3.63, 3.8) is 0 Å². The number of hydrogen-bond acceptors (Lipinski definition) is 5. The number of pyridine rings is 1. The highest BCUT2D eigenvalue weighted by Crippen LogP contribution is 2.33. The minimum Gasteiger partial charge on any atom is -0.392 e. The fourth-order valence-electron chi connectivity index (χ4n) is 2.60. The van der Waals surface area contributed by atoms with Crippen molar-refractivity contribution in [1.82, 2.24) is 15.1 Å². The van der Waals surface area contributed by atoms with Crippen LogP contribution in [0, 0.1) is 6.92 Å². The van der Waals surface area contributed by atoms with Gasteiger partial charge in [-0.25, -0.2) is 0 Å². The Bertz CT molecular complexity index is 567. The van der Waals surface area contributed by atoms with E-state index in [9.17, 15) is 5.11 Å². The molecule has 19 heavy (non-hydrogen) atoms. The van der Waals surface area contributed by atoms with Gasteiger partial charge in [-0.05, 0) is 31.4 Å². The van der Waals surface area contributed by atoms with Gasteiger partial charge in [0, 0.05) is 6.20 Å². The molecule has 1 fully saturated rings. The lowest BCUT2D eigenvalue weighted by atomic mass is 9.86. The lowest BCUT2D eigenvalue weighted by molar-refractivity contribution is 0.0908. The maximum Gasteiger partial charge on any atom is 0.232 e. The molecule has 0 aromatic carbocycles. The molecule has 100 valence electrons. The first kappa shape index (κ1) is 12.3. The van der Waals surface area contributed by atoms with Crippen molar-refractivity contribution in [2.45, 2.75) is 44.6 Å². The molecule has 1 aliphatic carbocycles. The molecule has 0 amide bonds. The van der Waals surface area contributed by atoms with E-state index in [1.54, 1.807) is 6.20 Å². The third-order valence-corrected chi connectivity index (χ3v) is 3.71. The molecule has 1 N–H and O–H groups in total. The largest absolute Gasteiger partial charge is 0.392 e. The van der Waals surface area contributed by atoms with Gasteiger partial charge < -0.3 is 9.63 Å². The second-order valence-electron chi connectivity index (χ2n) is 5.08. The fraction of sp³-hybridized carbons (Fsp3) is 0.500. The summed E-state index contributed by atoms with van der Waals surface area (Å²) in [4.78, 5) is 8.69. The van der Waals surface area contributed by atoms with Gasteiger partial charge >= 0.3 is 0 Å². The summed E-state index contributed by atoms with van der Waals surface area (Å²) >= 11 is 0. The predicted molar refractivity (Wildman–Crippen MR) is 69.5 cm³/mol. The molecule has 0 saturated heterocycles. The summed E-state index contributed by atoms with van der Waals surface area (Å²) in [7, 11) is 0. The third kappa shape index (κ3) is 2.38. The molecule has 2 aromatic heterocycles. The topological polar surface area (TPSA) is 72.0 Å². The quantitative estimate of drug-likeness (QED) is 0.896. The van der Waals surface area contributed by atoms with Crippen LogP contribution in [0.2, 0.25) is 0 Å². The second kappa shape index (κ2) is 5.09. The Morgan fingerprint density at radius 2 is 2.16 bits per heavy atom. The summed E-state index contributed by atoms with van der Waals surface area (Å²) in [6.45, 7) is 1.97. The summed E-state index contributed by atoms with van der Waals surface area (Å²) < 4.78 is 5.32. The summed E-state index contributed by atoms with van der Waals surface area (Å²) in [5.74, 6) is 1.01. The van der Waals surface area contributed by atoms with Gasteiger partial charge in [0.15, 0.2) is 0 Å². The predicted octanol–water partition coefficient (Wildman–Crippen LogP) is 2.46. The first-order valence-electron chi connectivity index (χ1n) is 6.69. The van der Waals surface area contributed by atoms with E-state index in [4.69, 9.17) is 4.52 Å². The molecular formula is C14H17N3O2. The highest BCUT2D eigenvalue weighted by atomic mass is 16.5. The zero-order valence-corrected chi connectivity index (χ0v) is 10.9. The maximum atomic E-state index is 10.0. The van der Waals surface area contributed by atoms with Crippen molar-refractivity contribution in [1.29, 1.82) is 0 Å². The summed E-state index contributed by atoms with van der Waals surface area (Å²) in [6, 6.07) is 3.85. The van der Waals surface area contributed by atoms with Crippen molar-refractivity contribution in [3.05, 3.63) is 29.8 Å². The average Bonchev–Trinajstić information content (AvgIpc) is 2.89. The Labute approximate surface area is 111 Å². The standard InChI is InChI=1S/C14H17N3O2/c1-9-5-4-8-15-12(9)13-16-14(19-17-13)10-6-2-3-7-11(10)18/h4-5,8,10-11,18H,2-3,6-7H2,1H3. The van der Waals surface area contributed by atoms with Crippen LogP contribution in [0.4, 0.5) is 0 Å². The van der Waals surface area contributed by atoms with E-state index >= 15 is 0 Å². The van der Waals surface area contributed by atoms with Crippen LogP contribution < -0.4 is 0 Å². The average molecular weight is 259 g/mol. The van der Waals surface area contributed by atoms with Crippen LogP contribution in [0.25, 0.3) is 11.5 Å². The van der Waals surface area contributed by atoms with Crippen molar-refractivity contribution in [2.24, 2.45) is 0 Å². The molecule has 3 rings (SSSR count). The SMILES string of the molecule is Cc1cccnc1-c1noc(C2CCCCC2O)n1. The second-order valence-corrected chi connectivity index (χ2v) is 5.08. The molecule has 5 heteroatoms. The number of aryl methyl sites for hydroxylation is 1. The molecule has 0 aliphatic heterocycles. The summed E-state index contributed by atoms with van der Waals surface area (Å²) in [5.41, 5.74) is 1.75. The lowest BCUT2D eigenvalue weighted by Gasteiger charge is -2.24. The van der Waals surface area contributed by atoms with Gasteiger partial charge in [-0.2, -0.15) is 4.98 Å². The zero-order chi connectivity index (χ0) is 13.2. The first-order valence-corrected chi connectivity index (χ1v) is 6.69. The molecule has 0 spiro atoms. The van der Waals surface area contributed by atoms with Gasteiger partial charge in [-0.15, -0.1) is 0 Å². The molecule has 2 atom stereocenters. The molecule has 0 radical (unpaired) electrons. The van der Waals surface area contributed by atoms with E-state index in [1.165, 1.54) is 0 Å². The minimum absolute atomic E-state index is 0.0287. The Hall–Kier alpha value is -1.75. The van der Waals surface area contributed by atoms with Crippen molar-refractivity contribution >= 4 is 0 Å². The summed E-state index contributed by atoms with van der Waals surface area (Å²) in [5, 5.41) is 14.0. The number of nitrogens with zero attached hydrogens (tertiary/aromatic N) is 3. The van der Waals surface area contributed by atoms with Gasteiger partial charge in [0.25, 0.3) is 0 Å². The third-order valence-electron chi connectivity index (χ3n) is 3.71. The van der Waals surface area contributed by atoms with Crippen LogP contribution in [0.1, 0.15) is 43.1 Å². The smallest absolute Gasteiger partial charge is 0.232 e. The highest BCUT2D eigenvalue weighted by molar-refractivity contribution is 5.53.